The van der Waals surface area contributed by atoms with Crippen LogP contribution < -0.4 is 17.0 Å². The lowest BCUT2D eigenvalue weighted by Gasteiger charge is -2.38. The minimum Gasteiger partial charge on any atom is -0.396 e. The van der Waals surface area contributed by atoms with Gasteiger partial charge >= 0.3 is 5.69 Å². The average molecular weight is 412 g/mol. The lowest BCUT2D eigenvalue weighted by molar-refractivity contribution is -0.101. The van der Waals surface area contributed by atoms with Crippen molar-refractivity contribution < 1.29 is 18.3 Å². The molecule has 0 bridgehead atoms. The van der Waals surface area contributed by atoms with E-state index >= 15 is 4.39 Å². The summed E-state index contributed by atoms with van der Waals surface area (Å²) in [6, 6.07) is -0.913. The molecule has 5 atom stereocenters. The molecule has 0 spiro atoms. The first kappa shape index (κ1) is 18.9. The molecule has 1 aliphatic heterocycles. The number of aromatic nitrogens is 2. The lowest BCUT2D eigenvalue weighted by Crippen LogP contribution is -2.47. The quantitative estimate of drug-likeness (QED) is 0.670. The predicted molar refractivity (Wildman–Crippen MR) is 98.1 cm³/mol. The summed E-state index contributed by atoms with van der Waals surface area (Å²) in [6.07, 6.45) is -0.602. The Kier molecular flexibility index (Phi) is 3.90. The molecule has 29 heavy (non-hydrogen) atoms. The van der Waals surface area contributed by atoms with Crippen molar-refractivity contribution in [2.75, 3.05) is 13.1 Å². The van der Waals surface area contributed by atoms with Gasteiger partial charge in [-0.3, -0.25) is 19.2 Å². The fourth-order valence-electron chi connectivity index (χ4n) is 5.61. The van der Waals surface area contributed by atoms with Crippen LogP contribution in [0, 0.1) is 11.8 Å². The molecule has 3 fully saturated rings. The molecule has 158 valence electrons. The van der Waals surface area contributed by atoms with Crippen LogP contribution in [0.1, 0.15) is 49.4 Å². The number of aliphatic hydroxyl groups excluding tert-OH is 1. The SMILES string of the molecule is CC1c2c(c(=O)[nH]c(=O)n2C2CC2)C(N)=C(F)C1N1CC2CC(F)(F)C(O)C2C1. The molecule has 4 N–H and O–H groups in total. The summed E-state index contributed by atoms with van der Waals surface area (Å²) in [4.78, 5) is 28.8. The van der Waals surface area contributed by atoms with Gasteiger partial charge in [-0.2, -0.15) is 0 Å². The summed E-state index contributed by atoms with van der Waals surface area (Å²) >= 11 is 0. The number of aromatic amines is 1. The maximum atomic E-state index is 15.3. The summed E-state index contributed by atoms with van der Waals surface area (Å²) < 4.78 is 44.5. The van der Waals surface area contributed by atoms with E-state index in [1.54, 1.807) is 11.8 Å². The van der Waals surface area contributed by atoms with Crippen LogP contribution in [0.2, 0.25) is 0 Å². The van der Waals surface area contributed by atoms with Crippen molar-refractivity contribution in [1.29, 1.82) is 0 Å². The molecule has 3 aliphatic carbocycles. The Bertz CT molecular complexity index is 1030. The zero-order valence-electron chi connectivity index (χ0n) is 15.9. The average Bonchev–Trinajstić information content (AvgIpc) is 3.35. The number of halogens is 3. The Hall–Kier alpha value is -2.07. The highest BCUT2D eigenvalue weighted by Gasteiger charge is 2.59. The first-order valence-corrected chi connectivity index (χ1v) is 9.96. The van der Waals surface area contributed by atoms with Crippen molar-refractivity contribution in [3.8, 4) is 0 Å². The third-order valence-corrected chi connectivity index (χ3v) is 7.07. The number of nitrogens with two attached hydrogens (primary N) is 1. The Morgan fingerprint density at radius 2 is 1.93 bits per heavy atom. The lowest BCUT2D eigenvalue weighted by atomic mass is 9.85. The number of hydrogen-bond donors (Lipinski definition) is 3. The fraction of sp³-hybridized carbons (Fsp3) is 0.684. The van der Waals surface area contributed by atoms with Crippen LogP contribution in [0.5, 0.6) is 0 Å². The molecule has 2 saturated carbocycles. The molecule has 0 amide bonds. The van der Waals surface area contributed by atoms with Gasteiger partial charge in [0.1, 0.15) is 11.9 Å². The highest BCUT2D eigenvalue weighted by molar-refractivity contribution is 5.70. The number of likely N-dealkylation sites (tertiary alicyclic amines) is 1. The summed E-state index contributed by atoms with van der Waals surface area (Å²) in [6.45, 7) is 2.05. The second kappa shape index (κ2) is 5.98. The second-order valence-electron chi connectivity index (χ2n) is 8.90. The first-order chi connectivity index (χ1) is 13.6. The second-order valence-corrected chi connectivity index (χ2v) is 8.90. The van der Waals surface area contributed by atoms with Crippen LogP contribution >= 0.6 is 0 Å². The van der Waals surface area contributed by atoms with E-state index in [2.05, 4.69) is 4.98 Å². The van der Waals surface area contributed by atoms with Crippen molar-refractivity contribution in [3.05, 3.63) is 37.9 Å². The van der Waals surface area contributed by atoms with Gasteiger partial charge in [-0.1, -0.05) is 6.92 Å². The number of fused-ring (bicyclic) bond motifs is 2. The molecule has 1 aromatic rings. The molecule has 0 aromatic carbocycles. The normalized spacial score (nSPS) is 36.4. The van der Waals surface area contributed by atoms with Gasteiger partial charge in [-0.25, -0.2) is 18.0 Å². The minimum absolute atomic E-state index is 0.0105. The van der Waals surface area contributed by atoms with Gasteiger partial charge < -0.3 is 10.8 Å². The highest BCUT2D eigenvalue weighted by atomic mass is 19.3. The third-order valence-electron chi connectivity index (χ3n) is 7.07. The number of hydrogen-bond acceptors (Lipinski definition) is 5. The fourth-order valence-corrected chi connectivity index (χ4v) is 5.61. The van der Waals surface area contributed by atoms with Gasteiger partial charge in [-0.05, 0) is 18.8 Å². The Morgan fingerprint density at radius 3 is 2.55 bits per heavy atom. The van der Waals surface area contributed by atoms with E-state index in [0.717, 1.165) is 12.8 Å². The van der Waals surface area contributed by atoms with Crippen LogP contribution in [-0.2, 0) is 0 Å². The van der Waals surface area contributed by atoms with Crippen molar-refractivity contribution >= 4 is 5.70 Å². The van der Waals surface area contributed by atoms with Gasteiger partial charge in [0.25, 0.3) is 11.5 Å². The summed E-state index contributed by atoms with van der Waals surface area (Å²) in [5, 5.41) is 9.98. The molecule has 10 heteroatoms. The molecule has 1 saturated heterocycles. The molecule has 5 unspecified atom stereocenters. The molecule has 2 heterocycles. The third kappa shape index (κ3) is 2.58. The van der Waals surface area contributed by atoms with Gasteiger partial charge in [-0.15, -0.1) is 0 Å². The summed E-state index contributed by atoms with van der Waals surface area (Å²) in [7, 11) is 0. The van der Waals surface area contributed by atoms with E-state index in [-0.39, 0.29) is 30.4 Å². The molecule has 5 rings (SSSR count). The Morgan fingerprint density at radius 1 is 1.24 bits per heavy atom. The van der Waals surface area contributed by atoms with Crippen molar-refractivity contribution in [2.45, 2.75) is 56.2 Å². The molecule has 4 aliphatic rings. The van der Waals surface area contributed by atoms with Crippen LogP contribution in [0.25, 0.3) is 5.70 Å². The van der Waals surface area contributed by atoms with E-state index in [4.69, 9.17) is 5.73 Å². The van der Waals surface area contributed by atoms with Crippen molar-refractivity contribution in [1.82, 2.24) is 14.5 Å². The van der Waals surface area contributed by atoms with Gasteiger partial charge in [0.05, 0.1) is 17.3 Å². The van der Waals surface area contributed by atoms with E-state index in [1.807, 2.05) is 0 Å². The van der Waals surface area contributed by atoms with Crippen LogP contribution in [0.3, 0.4) is 0 Å². The Balaban J connectivity index is 1.57. The molecule has 0 radical (unpaired) electrons. The topological polar surface area (TPSA) is 104 Å². The predicted octanol–water partition coefficient (Wildman–Crippen LogP) is 0.902. The van der Waals surface area contributed by atoms with E-state index < -0.39 is 59.3 Å². The van der Waals surface area contributed by atoms with E-state index in [1.165, 1.54) is 4.57 Å². The van der Waals surface area contributed by atoms with Crippen molar-refractivity contribution in [3.63, 3.8) is 0 Å². The van der Waals surface area contributed by atoms with E-state index in [0.29, 0.717) is 5.69 Å². The van der Waals surface area contributed by atoms with Crippen LogP contribution in [0.15, 0.2) is 15.4 Å². The van der Waals surface area contributed by atoms with E-state index in [9.17, 15) is 23.5 Å². The van der Waals surface area contributed by atoms with Crippen molar-refractivity contribution in [2.24, 2.45) is 17.6 Å². The van der Waals surface area contributed by atoms with Crippen LogP contribution in [-0.4, -0.2) is 50.7 Å². The molecule has 7 nitrogen and oxygen atoms in total. The number of alkyl halides is 2. The highest BCUT2D eigenvalue weighted by Crippen LogP contribution is 2.50. The maximum Gasteiger partial charge on any atom is 0.328 e. The maximum absolute atomic E-state index is 15.3. The van der Waals surface area contributed by atoms with Gasteiger partial charge in [0.15, 0.2) is 0 Å². The zero-order valence-corrected chi connectivity index (χ0v) is 15.9. The van der Waals surface area contributed by atoms with Gasteiger partial charge in [0, 0.05) is 43.1 Å². The number of H-pyrrole nitrogens is 1. The standard InChI is InChI=1S/C19H23F3N4O3/c1-7-14-11(17(28)24-18(29)26(14)9-2-3-9)13(23)12(20)15(7)25-5-8-4-19(21,22)16(27)10(8)6-25/h7-10,15-16,27H,2-6,23H2,1H3,(H,24,28,29). The molecular formula is C19H23F3N4O3. The Labute approximate surface area is 164 Å². The zero-order chi connectivity index (χ0) is 20.8. The number of aliphatic hydroxyl groups is 1. The molecular weight excluding hydrogens is 389 g/mol. The molecule has 1 aromatic heterocycles. The van der Waals surface area contributed by atoms with Crippen LogP contribution in [0.4, 0.5) is 13.2 Å². The monoisotopic (exact) mass is 412 g/mol. The smallest absolute Gasteiger partial charge is 0.328 e. The summed E-state index contributed by atoms with van der Waals surface area (Å²) in [5.74, 6) is -5.45. The largest absolute Gasteiger partial charge is 0.396 e. The first-order valence-electron chi connectivity index (χ1n) is 9.96. The summed E-state index contributed by atoms with van der Waals surface area (Å²) in [5.41, 5.74) is 4.85. The minimum atomic E-state index is -3.13. The number of nitrogens with zero attached hydrogens (tertiary/aromatic N) is 2. The number of rotatable bonds is 2. The van der Waals surface area contributed by atoms with Gasteiger partial charge in [0.2, 0.25) is 0 Å². The number of nitrogens with one attached hydrogen (secondary N) is 1.